The fourth-order valence-electron chi connectivity index (χ4n) is 1.48. The second-order valence-corrected chi connectivity index (χ2v) is 3.94. The molecule has 0 aliphatic rings. The van der Waals surface area contributed by atoms with Gasteiger partial charge in [-0.25, -0.2) is 4.98 Å². The van der Waals surface area contributed by atoms with Crippen LogP contribution in [0.25, 0.3) is 0 Å². The Morgan fingerprint density at radius 1 is 1.62 bits per heavy atom. The largest absolute Gasteiger partial charge is 0.361 e. The van der Waals surface area contributed by atoms with Crippen LogP contribution in [-0.4, -0.2) is 41.5 Å². The van der Waals surface area contributed by atoms with Crippen LogP contribution in [0.1, 0.15) is 6.92 Å². The van der Waals surface area contributed by atoms with E-state index in [0.29, 0.717) is 5.82 Å². The number of nitrogens with one attached hydrogen (secondary N) is 1. The molecule has 1 rings (SSSR count). The van der Waals surface area contributed by atoms with Crippen LogP contribution in [0.3, 0.4) is 0 Å². The first-order chi connectivity index (χ1) is 7.50. The van der Waals surface area contributed by atoms with Gasteiger partial charge in [-0.2, -0.15) is 0 Å². The van der Waals surface area contributed by atoms with Gasteiger partial charge in [0.15, 0.2) is 0 Å². The highest BCUT2D eigenvalue weighted by Gasteiger charge is 2.15. The highest BCUT2D eigenvalue weighted by atomic mass is 16.6. The van der Waals surface area contributed by atoms with Gasteiger partial charge in [0, 0.05) is 24.8 Å². The Kier molecular flexibility index (Phi) is 4.19. The van der Waals surface area contributed by atoms with Gasteiger partial charge in [0.1, 0.15) is 0 Å². The average Bonchev–Trinajstić information content (AvgIpc) is 2.16. The number of hydrogen-bond acceptors (Lipinski definition) is 5. The lowest BCUT2D eigenvalue weighted by Crippen LogP contribution is -2.30. The molecule has 0 aromatic carbocycles. The minimum Gasteiger partial charge on any atom is -0.361 e. The fraction of sp³-hybridized carbons (Fsp3) is 0.500. The minimum atomic E-state index is -0.433. The van der Waals surface area contributed by atoms with E-state index in [2.05, 4.69) is 10.3 Å². The number of likely N-dealkylation sites (N-methyl/N-ethyl adjacent to an activating group) is 1. The summed E-state index contributed by atoms with van der Waals surface area (Å²) in [6.07, 6.45) is 1.54. The lowest BCUT2D eigenvalue weighted by molar-refractivity contribution is -0.384. The Morgan fingerprint density at radius 3 is 2.88 bits per heavy atom. The van der Waals surface area contributed by atoms with E-state index in [1.165, 1.54) is 12.3 Å². The summed E-state index contributed by atoms with van der Waals surface area (Å²) < 4.78 is 0. The molecule has 1 atom stereocenters. The molecule has 16 heavy (non-hydrogen) atoms. The van der Waals surface area contributed by atoms with Crippen LogP contribution < -0.4 is 5.32 Å². The van der Waals surface area contributed by atoms with Crippen LogP contribution in [0.15, 0.2) is 18.3 Å². The Balaban J connectivity index is 2.76. The van der Waals surface area contributed by atoms with Crippen molar-refractivity contribution in [3.63, 3.8) is 0 Å². The molecule has 1 heterocycles. The molecule has 0 bridgehead atoms. The summed E-state index contributed by atoms with van der Waals surface area (Å²) in [5.74, 6) is 0.321. The van der Waals surface area contributed by atoms with Gasteiger partial charge < -0.3 is 10.2 Å². The molecule has 0 fully saturated rings. The maximum absolute atomic E-state index is 10.7. The molecule has 1 N–H and O–H groups in total. The van der Waals surface area contributed by atoms with Crippen LogP contribution in [0, 0.1) is 10.1 Å². The Hall–Kier alpha value is -1.69. The van der Waals surface area contributed by atoms with Crippen LogP contribution in [0.4, 0.5) is 11.5 Å². The predicted molar refractivity (Wildman–Crippen MR) is 62.5 cm³/mol. The van der Waals surface area contributed by atoms with E-state index < -0.39 is 4.92 Å². The molecule has 0 aliphatic heterocycles. The first-order valence-corrected chi connectivity index (χ1v) is 5.01. The second-order valence-electron chi connectivity index (χ2n) is 3.94. The van der Waals surface area contributed by atoms with Gasteiger partial charge in [-0.3, -0.25) is 10.1 Å². The molecule has 6 nitrogen and oxygen atoms in total. The van der Waals surface area contributed by atoms with Crippen LogP contribution in [0.2, 0.25) is 0 Å². The van der Waals surface area contributed by atoms with E-state index >= 15 is 0 Å². The van der Waals surface area contributed by atoms with Crippen molar-refractivity contribution in [2.75, 3.05) is 26.0 Å². The van der Waals surface area contributed by atoms with E-state index in [1.54, 1.807) is 6.07 Å². The molecule has 0 aliphatic carbocycles. The molecule has 1 aromatic rings. The molecule has 0 saturated heterocycles. The lowest BCUT2D eigenvalue weighted by atomic mass is 10.3. The molecule has 1 aromatic heterocycles. The van der Waals surface area contributed by atoms with Crippen molar-refractivity contribution < 1.29 is 4.92 Å². The van der Waals surface area contributed by atoms with Crippen molar-refractivity contribution in [1.82, 2.24) is 9.88 Å². The molecular weight excluding hydrogens is 208 g/mol. The average molecular weight is 224 g/mol. The number of hydrogen-bond donors (Lipinski definition) is 1. The molecule has 0 amide bonds. The zero-order valence-corrected chi connectivity index (χ0v) is 9.67. The standard InChI is InChI=1S/C10H16N4O2/c1-8(7-13(2)3)12-10-9(14(15)16)5-4-6-11-10/h4-6,8H,7H2,1-3H3,(H,11,12). The van der Waals surface area contributed by atoms with Crippen molar-refractivity contribution in [2.24, 2.45) is 0 Å². The van der Waals surface area contributed by atoms with E-state index in [-0.39, 0.29) is 11.7 Å². The minimum absolute atomic E-state index is 0.00751. The molecule has 0 saturated carbocycles. The number of nitro groups is 1. The maximum Gasteiger partial charge on any atom is 0.311 e. The topological polar surface area (TPSA) is 71.3 Å². The Morgan fingerprint density at radius 2 is 2.31 bits per heavy atom. The van der Waals surface area contributed by atoms with E-state index in [1.807, 2.05) is 25.9 Å². The highest BCUT2D eigenvalue weighted by Crippen LogP contribution is 2.20. The number of rotatable bonds is 5. The summed E-state index contributed by atoms with van der Waals surface area (Å²) in [6, 6.07) is 3.10. The van der Waals surface area contributed by atoms with Crippen LogP contribution in [0.5, 0.6) is 0 Å². The molecule has 0 spiro atoms. The van der Waals surface area contributed by atoms with Gasteiger partial charge >= 0.3 is 5.69 Å². The molecular formula is C10H16N4O2. The summed E-state index contributed by atoms with van der Waals surface area (Å²) in [5.41, 5.74) is 0.00751. The van der Waals surface area contributed by atoms with E-state index in [4.69, 9.17) is 0 Å². The van der Waals surface area contributed by atoms with E-state index in [0.717, 1.165) is 6.54 Å². The third-order valence-corrected chi connectivity index (χ3v) is 2.01. The number of aromatic nitrogens is 1. The monoisotopic (exact) mass is 224 g/mol. The first-order valence-electron chi connectivity index (χ1n) is 5.01. The fourth-order valence-corrected chi connectivity index (χ4v) is 1.48. The molecule has 6 heteroatoms. The van der Waals surface area contributed by atoms with Crippen LogP contribution in [-0.2, 0) is 0 Å². The normalized spacial score (nSPS) is 12.5. The number of pyridine rings is 1. The van der Waals surface area contributed by atoms with Gasteiger partial charge in [0.25, 0.3) is 0 Å². The predicted octanol–water partition coefficient (Wildman–Crippen LogP) is 1.35. The third kappa shape index (κ3) is 3.47. The summed E-state index contributed by atoms with van der Waals surface area (Å²) in [4.78, 5) is 16.3. The summed E-state index contributed by atoms with van der Waals surface area (Å²) in [5, 5.41) is 13.8. The summed E-state index contributed by atoms with van der Waals surface area (Å²) in [6.45, 7) is 2.74. The van der Waals surface area contributed by atoms with Crippen molar-refractivity contribution in [3.05, 3.63) is 28.4 Å². The van der Waals surface area contributed by atoms with E-state index in [9.17, 15) is 10.1 Å². The molecule has 88 valence electrons. The van der Waals surface area contributed by atoms with Crippen molar-refractivity contribution in [2.45, 2.75) is 13.0 Å². The molecule has 0 radical (unpaired) electrons. The smallest absolute Gasteiger partial charge is 0.311 e. The summed E-state index contributed by atoms with van der Waals surface area (Å²) >= 11 is 0. The maximum atomic E-state index is 10.7. The first kappa shape index (κ1) is 12.4. The Bertz CT molecular complexity index is 368. The van der Waals surface area contributed by atoms with Gasteiger partial charge in [-0.15, -0.1) is 0 Å². The lowest BCUT2D eigenvalue weighted by Gasteiger charge is -2.18. The van der Waals surface area contributed by atoms with Crippen LogP contribution >= 0.6 is 0 Å². The van der Waals surface area contributed by atoms with Crippen molar-refractivity contribution in [3.8, 4) is 0 Å². The van der Waals surface area contributed by atoms with Gasteiger partial charge in [-0.1, -0.05) is 0 Å². The van der Waals surface area contributed by atoms with Crippen molar-refractivity contribution in [1.29, 1.82) is 0 Å². The number of nitrogens with zero attached hydrogens (tertiary/aromatic N) is 3. The second kappa shape index (κ2) is 5.41. The highest BCUT2D eigenvalue weighted by molar-refractivity contribution is 5.55. The summed E-state index contributed by atoms with van der Waals surface area (Å²) in [7, 11) is 3.90. The van der Waals surface area contributed by atoms with Crippen molar-refractivity contribution >= 4 is 11.5 Å². The third-order valence-electron chi connectivity index (χ3n) is 2.01. The molecule has 1 unspecified atom stereocenters. The zero-order chi connectivity index (χ0) is 12.1. The quantitative estimate of drug-likeness (QED) is 0.604. The van der Waals surface area contributed by atoms with Gasteiger partial charge in [0.2, 0.25) is 5.82 Å². The van der Waals surface area contributed by atoms with Gasteiger partial charge in [0.05, 0.1) is 4.92 Å². The Labute approximate surface area is 94.4 Å². The van der Waals surface area contributed by atoms with Gasteiger partial charge in [-0.05, 0) is 27.1 Å². The number of anilines is 1. The SMILES string of the molecule is CC(CN(C)C)Nc1ncccc1[N+](=O)[O-]. The zero-order valence-electron chi connectivity index (χ0n) is 9.67.